The number of likely N-dealkylation sites (tertiary alicyclic amines) is 2. The molecule has 4 aliphatic heterocycles. The maximum atomic E-state index is 12.7. The molecule has 2 aromatic rings. The van der Waals surface area contributed by atoms with Crippen LogP contribution in [-0.2, 0) is 33.3 Å². The highest BCUT2D eigenvalue weighted by atomic mass is 16.5. The third kappa shape index (κ3) is 3.56. The molecule has 8 atom stereocenters. The molecule has 5 fully saturated rings. The Morgan fingerprint density at radius 3 is 1.73 bits per heavy atom. The van der Waals surface area contributed by atoms with Crippen LogP contribution in [0.2, 0.25) is 0 Å². The molecule has 10 nitrogen and oxygen atoms in total. The Bertz CT molecular complexity index is 1840. The van der Waals surface area contributed by atoms with Crippen LogP contribution >= 0.6 is 0 Å². The molecule has 11 rings (SSSR count). The Morgan fingerprint density at radius 2 is 1.24 bits per heavy atom. The van der Waals surface area contributed by atoms with Gasteiger partial charge in [-0.25, -0.2) is 0 Å². The minimum Gasteiger partial charge on any atom is -0.504 e. The number of piperidine rings is 2. The van der Waals surface area contributed by atoms with Crippen molar-refractivity contribution in [3.63, 3.8) is 0 Å². The number of carbonyl (C=O) groups excluding carboxylic acids is 2. The minimum atomic E-state index is -1.00. The molecule has 258 valence electrons. The Balaban J connectivity index is 0.000000125. The number of hydrogen-bond acceptors (Lipinski definition) is 10. The first-order chi connectivity index (χ1) is 23.6. The van der Waals surface area contributed by atoms with Gasteiger partial charge in [-0.3, -0.25) is 19.4 Å². The SMILES string of the molecule is C=CCN1CC[C@]23c4c5ccc(O)c4O[C@H]2C(=O)CC[C@@]3(O)[C@H]1C5.O=C1CC[C@@]2(O)[C@H]3Cc4ccc(O)c5c4[C@@]2(CCN3CC2CC2)[C@H]1O5. The molecule has 5 aliphatic carbocycles. The van der Waals surface area contributed by atoms with Crippen LogP contribution in [0.1, 0.15) is 73.6 Å². The number of carbonyl (C=O) groups is 2. The first kappa shape index (κ1) is 30.4. The molecule has 2 spiro atoms. The van der Waals surface area contributed by atoms with Gasteiger partial charge in [0.1, 0.15) is 0 Å². The summed E-state index contributed by atoms with van der Waals surface area (Å²) in [5, 5.41) is 44.4. The summed E-state index contributed by atoms with van der Waals surface area (Å²) in [5.74, 6) is 1.92. The lowest BCUT2D eigenvalue weighted by Gasteiger charge is -2.62. The van der Waals surface area contributed by atoms with Crippen LogP contribution in [0.5, 0.6) is 23.0 Å². The first-order valence-corrected chi connectivity index (χ1v) is 18.2. The van der Waals surface area contributed by atoms with E-state index in [1.807, 2.05) is 18.2 Å². The molecule has 0 unspecified atom stereocenters. The van der Waals surface area contributed by atoms with Gasteiger partial charge in [0, 0.05) is 55.7 Å². The van der Waals surface area contributed by atoms with Crippen LogP contribution in [0.25, 0.3) is 0 Å². The fraction of sp³-hybridized carbons (Fsp3) is 0.590. The van der Waals surface area contributed by atoms with E-state index in [2.05, 4.69) is 16.4 Å². The lowest BCUT2D eigenvalue weighted by Crippen LogP contribution is -2.76. The van der Waals surface area contributed by atoms with Crippen molar-refractivity contribution in [3.8, 4) is 23.0 Å². The van der Waals surface area contributed by atoms with Gasteiger partial charge < -0.3 is 29.9 Å². The summed E-state index contributed by atoms with van der Waals surface area (Å²) in [5.41, 5.74) is 0.710. The van der Waals surface area contributed by atoms with Gasteiger partial charge in [0.15, 0.2) is 46.8 Å². The number of benzene rings is 2. The maximum absolute atomic E-state index is 12.7. The van der Waals surface area contributed by atoms with E-state index in [1.165, 1.54) is 12.8 Å². The van der Waals surface area contributed by atoms with Gasteiger partial charge >= 0.3 is 0 Å². The number of phenolic OH excluding ortho intramolecular Hbond substituents is 2. The Morgan fingerprint density at radius 1 is 0.755 bits per heavy atom. The molecule has 0 radical (unpaired) electrons. The number of ether oxygens (including phenoxy) is 2. The van der Waals surface area contributed by atoms with Crippen molar-refractivity contribution < 1.29 is 39.5 Å². The van der Waals surface area contributed by atoms with Crippen LogP contribution in [0.15, 0.2) is 36.9 Å². The predicted octanol–water partition coefficient (Wildman–Crippen LogP) is 2.83. The number of aromatic hydroxyl groups is 2. The number of Topliss-reactive ketones (excluding diaryl/α,β-unsaturated/α-hetero) is 2. The van der Waals surface area contributed by atoms with Crippen molar-refractivity contribution >= 4 is 11.6 Å². The Labute approximate surface area is 285 Å². The summed E-state index contributed by atoms with van der Waals surface area (Å²) in [4.78, 5) is 30.1. The van der Waals surface area contributed by atoms with Crippen molar-refractivity contribution in [1.82, 2.24) is 9.80 Å². The van der Waals surface area contributed by atoms with Gasteiger partial charge in [-0.05, 0) is 87.1 Å². The molecular formula is C39H44N2O8. The van der Waals surface area contributed by atoms with E-state index >= 15 is 0 Å². The van der Waals surface area contributed by atoms with E-state index in [1.54, 1.807) is 12.1 Å². The van der Waals surface area contributed by atoms with Crippen LogP contribution in [-0.4, -0.2) is 103 Å². The zero-order chi connectivity index (χ0) is 33.7. The average Bonchev–Trinajstić information content (AvgIpc) is 3.71. The number of nitrogens with zero attached hydrogens (tertiary/aromatic N) is 2. The summed E-state index contributed by atoms with van der Waals surface area (Å²) in [7, 11) is 0. The van der Waals surface area contributed by atoms with Crippen molar-refractivity contribution in [2.45, 2.75) is 111 Å². The summed E-state index contributed by atoms with van der Waals surface area (Å²) in [6.45, 7) is 7.31. The molecule has 49 heavy (non-hydrogen) atoms. The molecule has 10 heteroatoms. The molecule has 9 aliphatic rings. The van der Waals surface area contributed by atoms with Crippen LogP contribution in [0, 0.1) is 5.92 Å². The standard InChI is InChI=1S/C20H23NO4.C19H21NO4/c22-13-4-3-12-9-15-20(24)6-5-14(23)18-19(20,16(12)17(13)25-18)7-8-21(15)10-11-1-2-11;1-2-8-20-9-7-18-15-11-3-4-12(21)16(15)24-17(18)13(22)5-6-19(18,23)14(20)10-11/h3-4,11,15,18,22,24H,1-2,5-10H2;2-4,14,17,21,23H,1,5-10H2/t15-,18+,19+,20-;14-,17+,18+,19-/m11/s1. The number of phenols is 2. The highest BCUT2D eigenvalue weighted by Crippen LogP contribution is 2.66. The molecular weight excluding hydrogens is 624 g/mol. The zero-order valence-corrected chi connectivity index (χ0v) is 27.7. The summed E-state index contributed by atoms with van der Waals surface area (Å²) in [6.07, 6.45) is 7.67. The van der Waals surface area contributed by atoms with Crippen molar-refractivity contribution in [2.75, 3.05) is 26.2 Å². The molecule has 4 N–H and O–H groups in total. The third-order valence-electron chi connectivity index (χ3n) is 14.3. The van der Waals surface area contributed by atoms with E-state index in [0.717, 1.165) is 67.2 Å². The first-order valence-electron chi connectivity index (χ1n) is 18.2. The molecule has 0 aromatic heterocycles. The normalized spacial score (nSPS) is 40.4. The third-order valence-corrected chi connectivity index (χ3v) is 14.3. The largest absolute Gasteiger partial charge is 0.504 e. The van der Waals surface area contributed by atoms with E-state index in [4.69, 9.17) is 9.47 Å². The highest BCUT2D eigenvalue weighted by molar-refractivity contribution is 5.91. The zero-order valence-electron chi connectivity index (χ0n) is 27.7. The van der Waals surface area contributed by atoms with E-state index in [-0.39, 0.29) is 35.1 Å². The van der Waals surface area contributed by atoms with E-state index in [9.17, 15) is 30.0 Å². The second-order valence-corrected chi connectivity index (χ2v) is 16.3. The van der Waals surface area contributed by atoms with Crippen LogP contribution < -0.4 is 9.47 Å². The molecule has 3 saturated carbocycles. The minimum absolute atomic E-state index is 0.0408. The molecule has 4 heterocycles. The fourth-order valence-corrected chi connectivity index (χ4v) is 12.1. The predicted molar refractivity (Wildman–Crippen MR) is 177 cm³/mol. The smallest absolute Gasteiger partial charge is 0.174 e. The van der Waals surface area contributed by atoms with Crippen LogP contribution in [0.4, 0.5) is 0 Å². The number of rotatable bonds is 4. The number of aliphatic hydroxyl groups is 2. The van der Waals surface area contributed by atoms with Gasteiger partial charge in [0.05, 0.1) is 22.0 Å². The quantitative estimate of drug-likeness (QED) is 0.360. The van der Waals surface area contributed by atoms with Gasteiger partial charge in [-0.15, -0.1) is 6.58 Å². The van der Waals surface area contributed by atoms with Crippen LogP contribution in [0.3, 0.4) is 0 Å². The molecule has 2 aromatic carbocycles. The second-order valence-electron chi connectivity index (χ2n) is 16.3. The average molecular weight is 669 g/mol. The fourth-order valence-electron chi connectivity index (χ4n) is 12.1. The van der Waals surface area contributed by atoms with Gasteiger partial charge in [-0.1, -0.05) is 18.2 Å². The Kier molecular flexibility index (Phi) is 6.12. The maximum Gasteiger partial charge on any atom is 0.174 e. The summed E-state index contributed by atoms with van der Waals surface area (Å²) < 4.78 is 12.0. The van der Waals surface area contributed by atoms with Gasteiger partial charge in [0.2, 0.25) is 0 Å². The number of ketones is 2. The summed E-state index contributed by atoms with van der Waals surface area (Å²) in [6, 6.07) is 7.21. The van der Waals surface area contributed by atoms with Gasteiger partial charge in [0.25, 0.3) is 0 Å². The van der Waals surface area contributed by atoms with E-state index in [0.29, 0.717) is 50.0 Å². The second kappa shape index (κ2) is 9.87. The lowest BCUT2D eigenvalue weighted by molar-refractivity contribution is -0.188. The van der Waals surface area contributed by atoms with Crippen molar-refractivity contribution in [3.05, 3.63) is 59.2 Å². The Hall–Kier alpha value is -3.44. The molecule has 4 bridgehead atoms. The molecule has 0 amide bonds. The summed E-state index contributed by atoms with van der Waals surface area (Å²) >= 11 is 0. The highest BCUT2D eigenvalue weighted by Gasteiger charge is 2.74. The van der Waals surface area contributed by atoms with Gasteiger partial charge in [-0.2, -0.15) is 0 Å². The topological polar surface area (TPSA) is 140 Å². The lowest BCUT2D eigenvalue weighted by atomic mass is 9.49. The monoisotopic (exact) mass is 668 g/mol. The van der Waals surface area contributed by atoms with Crippen molar-refractivity contribution in [1.29, 1.82) is 0 Å². The number of hydrogen-bond donors (Lipinski definition) is 4. The molecule has 2 saturated heterocycles. The van der Waals surface area contributed by atoms with Crippen molar-refractivity contribution in [2.24, 2.45) is 5.92 Å². The van der Waals surface area contributed by atoms with E-state index < -0.39 is 34.2 Å².